The Bertz CT molecular complexity index is 631. The number of ether oxygens (including phenoxy) is 3. The molecule has 6 nitrogen and oxygen atoms in total. The van der Waals surface area contributed by atoms with Gasteiger partial charge in [0, 0.05) is 0 Å². The Morgan fingerprint density at radius 1 is 1.14 bits per heavy atom. The molecule has 1 atom stereocenters. The topological polar surface area (TPSA) is 78.1 Å². The molecule has 0 fully saturated rings. The number of rotatable bonds is 6. The molecule has 1 unspecified atom stereocenters. The van der Waals surface area contributed by atoms with Gasteiger partial charge in [0.05, 0.1) is 14.2 Å². The fourth-order valence-corrected chi connectivity index (χ4v) is 1.89. The van der Waals surface area contributed by atoms with Crippen molar-refractivity contribution in [2.45, 2.75) is 13.0 Å². The van der Waals surface area contributed by atoms with Crippen LogP contribution in [0.5, 0.6) is 17.2 Å². The lowest BCUT2D eigenvalue weighted by molar-refractivity contribution is 0.0655. The Labute approximate surface area is 121 Å². The van der Waals surface area contributed by atoms with Gasteiger partial charge in [-0.25, -0.2) is 4.79 Å². The summed E-state index contributed by atoms with van der Waals surface area (Å²) in [5.74, 6) is 0.671. The quantitative estimate of drug-likeness (QED) is 0.881. The lowest BCUT2D eigenvalue weighted by Crippen LogP contribution is -2.04. The number of para-hydroxylation sites is 1. The molecule has 0 saturated heterocycles. The molecule has 6 heteroatoms. The van der Waals surface area contributed by atoms with E-state index < -0.39 is 12.1 Å². The molecule has 1 N–H and O–H groups in total. The fourth-order valence-electron chi connectivity index (χ4n) is 1.89. The summed E-state index contributed by atoms with van der Waals surface area (Å²) >= 11 is 0. The van der Waals surface area contributed by atoms with Crippen molar-refractivity contribution in [3.63, 3.8) is 0 Å². The van der Waals surface area contributed by atoms with E-state index in [-0.39, 0.29) is 5.76 Å². The summed E-state index contributed by atoms with van der Waals surface area (Å²) in [5.41, 5.74) is 0. The van der Waals surface area contributed by atoms with Crippen LogP contribution >= 0.6 is 0 Å². The number of methoxy groups -OCH3 is 2. The number of furan rings is 1. The lowest BCUT2D eigenvalue weighted by Gasteiger charge is -2.16. The van der Waals surface area contributed by atoms with Crippen molar-refractivity contribution in [1.29, 1.82) is 0 Å². The van der Waals surface area contributed by atoms with Crippen molar-refractivity contribution in [3.8, 4) is 17.2 Å². The molecule has 1 aromatic carbocycles. The molecule has 112 valence electrons. The van der Waals surface area contributed by atoms with E-state index in [0.29, 0.717) is 23.0 Å². The highest BCUT2D eigenvalue weighted by atomic mass is 16.5. The average molecular weight is 292 g/mol. The van der Waals surface area contributed by atoms with Crippen LogP contribution in [-0.2, 0) is 0 Å². The first kappa shape index (κ1) is 14.8. The molecular formula is C15H16O6. The number of hydrogen-bond acceptors (Lipinski definition) is 5. The predicted molar refractivity (Wildman–Crippen MR) is 74.3 cm³/mol. The van der Waals surface area contributed by atoms with Gasteiger partial charge in [-0.05, 0) is 31.2 Å². The van der Waals surface area contributed by atoms with Crippen LogP contribution in [-0.4, -0.2) is 25.3 Å². The van der Waals surface area contributed by atoms with Gasteiger partial charge in [-0.15, -0.1) is 0 Å². The molecule has 0 amide bonds. The first-order chi connectivity index (χ1) is 10.1. The number of hydrogen-bond donors (Lipinski definition) is 1. The van der Waals surface area contributed by atoms with Crippen LogP contribution in [0.4, 0.5) is 0 Å². The summed E-state index contributed by atoms with van der Waals surface area (Å²) in [6.07, 6.45) is -0.473. The Balaban J connectivity index is 2.22. The van der Waals surface area contributed by atoms with Crippen molar-refractivity contribution in [3.05, 3.63) is 41.9 Å². The van der Waals surface area contributed by atoms with E-state index in [2.05, 4.69) is 0 Å². The van der Waals surface area contributed by atoms with Gasteiger partial charge in [-0.3, -0.25) is 0 Å². The van der Waals surface area contributed by atoms with Crippen LogP contribution in [0.2, 0.25) is 0 Å². The van der Waals surface area contributed by atoms with Gasteiger partial charge in [-0.1, -0.05) is 6.07 Å². The lowest BCUT2D eigenvalue weighted by atomic mass is 10.2. The first-order valence-electron chi connectivity index (χ1n) is 6.27. The molecular weight excluding hydrogens is 276 g/mol. The molecule has 0 aliphatic carbocycles. The third-order valence-electron chi connectivity index (χ3n) is 2.91. The van der Waals surface area contributed by atoms with Gasteiger partial charge < -0.3 is 23.7 Å². The molecule has 2 aromatic rings. The fraction of sp³-hybridized carbons (Fsp3) is 0.267. The second-order valence-corrected chi connectivity index (χ2v) is 4.26. The van der Waals surface area contributed by atoms with Crippen molar-refractivity contribution in [2.24, 2.45) is 0 Å². The molecule has 1 heterocycles. The van der Waals surface area contributed by atoms with Crippen LogP contribution in [0.3, 0.4) is 0 Å². The Morgan fingerprint density at radius 2 is 1.86 bits per heavy atom. The normalized spacial score (nSPS) is 11.8. The Morgan fingerprint density at radius 3 is 2.43 bits per heavy atom. The Hall–Kier alpha value is -2.63. The summed E-state index contributed by atoms with van der Waals surface area (Å²) in [7, 11) is 3.06. The maximum absolute atomic E-state index is 10.8. The highest BCUT2D eigenvalue weighted by Crippen LogP contribution is 2.38. The van der Waals surface area contributed by atoms with E-state index in [0.717, 1.165) is 0 Å². The van der Waals surface area contributed by atoms with Crippen molar-refractivity contribution in [2.75, 3.05) is 14.2 Å². The minimum Gasteiger partial charge on any atom is -0.493 e. The standard InChI is InChI=1S/C15H16O6/c1-9(10-7-8-13(21-10)15(16)17)20-12-6-4-5-11(18-2)14(12)19-3/h4-9H,1-3H3,(H,16,17). The zero-order valence-electron chi connectivity index (χ0n) is 12.0. The van der Waals surface area contributed by atoms with Crippen LogP contribution < -0.4 is 14.2 Å². The minimum atomic E-state index is -1.12. The highest BCUT2D eigenvalue weighted by Gasteiger charge is 2.18. The van der Waals surface area contributed by atoms with Gasteiger partial charge in [0.1, 0.15) is 5.76 Å². The van der Waals surface area contributed by atoms with E-state index in [9.17, 15) is 4.79 Å². The third kappa shape index (κ3) is 3.10. The smallest absolute Gasteiger partial charge is 0.371 e. The monoisotopic (exact) mass is 292 g/mol. The third-order valence-corrected chi connectivity index (χ3v) is 2.91. The minimum absolute atomic E-state index is 0.127. The predicted octanol–water partition coefficient (Wildman–Crippen LogP) is 3.14. The van der Waals surface area contributed by atoms with Gasteiger partial charge >= 0.3 is 5.97 Å². The van der Waals surface area contributed by atoms with E-state index in [1.165, 1.54) is 20.3 Å². The summed E-state index contributed by atoms with van der Waals surface area (Å²) in [5, 5.41) is 8.85. The summed E-state index contributed by atoms with van der Waals surface area (Å²) in [6.45, 7) is 1.75. The molecule has 0 bridgehead atoms. The van der Waals surface area contributed by atoms with Gasteiger partial charge in [0.25, 0.3) is 0 Å². The molecule has 0 saturated carbocycles. The van der Waals surface area contributed by atoms with E-state index in [1.807, 2.05) is 0 Å². The van der Waals surface area contributed by atoms with E-state index >= 15 is 0 Å². The number of carboxylic acids is 1. The maximum atomic E-state index is 10.8. The average Bonchev–Trinajstić information content (AvgIpc) is 2.97. The molecule has 21 heavy (non-hydrogen) atoms. The molecule has 0 aliphatic heterocycles. The zero-order chi connectivity index (χ0) is 15.4. The molecule has 1 aromatic heterocycles. The van der Waals surface area contributed by atoms with Crippen LogP contribution in [0.1, 0.15) is 29.3 Å². The van der Waals surface area contributed by atoms with Crippen LogP contribution in [0.25, 0.3) is 0 Å². The SMILES string of the molecule is COc1cccc(OC(C)c2ccc(C(=O)O)o2)c1OC. The first-order valence-corrected chi connectivity index (χ1v) is 6.27. The largest absolute Gasteiger partial charge is 0.493 e. The molecule has 0 radical (unpaired) electrons. The van der Waals surface area contributed by atoms with Crippen molar-refractivity contribution >= 4 is 5.97 Å². The number of carboxylic acid groups (broad SMARTS) is 1. The van der Waals surface area contributed by atoms with E-state index in [1.54, 1.807) is 31.2 Å². The number of carbonyl (C=O) groups is 1. The van der Waals surface area contributed by atoms with Crippen molar-refractivity contribution < 1.29 is 28.5 Å². The van der Waals surface area contributed by atoms with E-state index in [4.69, 9.17) is 23.7 Å². The summed E-state index contributed by atoms with van der Waals surface area (Å²) < 4.78 is 21.4. The van der Waals surface area contributed by atoms with Gasteiger partial charge in [0.15, 0.2) is 17.6 Å². The summed E-state index contributed by atoms with van der Waals surface area (Å²) in [6, 6.07) is 8.22. The maximum Gasteiger partial charge on any atom is 0.371 e. The number of aromatic carboxylic acids is 1. The molecule has 0 aliphatic rings. The summed E-state index contributed by atoms with van der Waals surface area (Å²) in [4.78, 5) is 10.8. The van der Waals surface area contributed by atoms with Gasteiger partial charge in [-0.2, -0.15) is 0 Å². The zero-order valence-corrected chi connectivity index (χ0v) is 12.0. The highest BCUT2D eigenvalue weighted by molar-refractivity contribution is 5.84. The van der Waals surface area contributed by atoms with Crippen LogP contribution in [0, 0.1) is 0 Å². The van der Waals surface area contributed by atoms with Crippen LogP contribution in [0.15, 0.2) is 34.7 Å². The van der Waals surface area contributed by atoms with Crippen molar-refractivity contribution in [1.82, 2.24) is 0 Å². The van der Waals surface area contributed by atoms with Gasteiger partial charge in [0.2, 0.25) is 11.5 Å². The molecule has 2 rings (SSSR count). The Kier molecular flexibility index (Phi) is 4.37. The number of benzene rings is 1. The second kappa shape index (κ2) is 6.21. The molecule has 0 spiro atoms. The second-order valence-electron chi connectivity index (χ2n) is 4.26.